The molecule has 0 aliphatic rings. The van der Waals surface area contributed by atoms with Gasteiger partial charge in [-0.1, -0.05) is 96.0 Å². The van der Waals surface area contributed by atoms with Crippen LogP contribution in [0.2, 0.25) is 30.5 Å². The third kappa shape index (κ3) is 15.3. The second-order valence-electron chi connectivity index (χ2n) is 9.63. The molecule has 8 N–H and O–H groups in total. The van der Waals surface area contributed by atoms with E-state index in [2.05, 4.69) is 57.2 Å². The van der Waals surface area contributed by atoms with Crippen LogP contribution < -0.4 is 21.7 Å². The van der Waals surface area contributed by atoms with Gasteiger partial charge in [-0.05, 0) is 91.1 Å². The molecule has 0 atom stereocenters. The fourth-order valence-electron chi connectivity index (χ4n) is 3.61. The molecule has 0 aliphatic heterocycles. The molecule has 0 aliphatic carbocycles. The van der Waals surface area contributed by atoms with Gasteiger partial charge in [0, 0.05) is 10.0 Å². The molecule has 8 nitrogen and oxygen atoms in total. The van der Waals surface area contributed by atoms with Gasteiger partial charge in [0.2, 0.25) is 0 Å². The van der Waals surface area contributed by atoms with Crippen molar-refractivity contribution in [1.29, 1.82) is 0 Å². The van der Waals surface area contributed by atoms with E-state index in [1.807, 2.05) is 66.7 Å². The molecule has 224 valence electrons. The molecule has 43 heavy (non-hydrogen) atoms. The Hall–Kier alpha value is -3.12. The van der Waals surface area contributed by atoms with E-state index in [9.17, 15) is 0 Å². The van der Waals surface area contributed by atoms with Crippen LogP contribution >= 0.6 is 23.2 Å². The maximum atomic E-state index is 9.13. The van der Waals surface area contributed by atoms with Crippen molar-refractivity contribution in [2.75, 3.05) is 6.54 Å². The predicted molar refractivity (Wildman–Crippen MR) is 185 cm³/mol. The molecule has 0 fully saturated rings. The van der Waals surface area contributed by atoms with E-state index in [1.54, 1.807) is 26.7 Å². The summed E-state index contributed by atoms with van der Waals surface area (Å²) in [5, 5.41) is 39.3. The zero-order valence-corrected chi connectivity index (χ0v) is 26.1. The Labute approximate surface area is 265 Å². The second kappa shape index (κ2) is 20.0. The molecule has 0 radical (unpaired) electrons. The first kappa shape index (κ1) is 36.1. The number of rotatable bonds is 10. The van der Waals surface area contributed by atoms with Gasteiger partial charge < -0.3 is 25.6 Å². The minimum atomic E-state index is -0.651. The number of hydrogen-bond donors (Lipinski definition) is 7. The fourth-order valence-corrected chi connectivity index (χ4v) is 3.99. The molecule has 0 unspecified atom stereocenters. The lowest BCUT2D eigenvalue weighted by Crippen LogP contribution is -2.36. The Morgan fingerprint density at radius 1 is 0.698 bits per heavy atom. The van der Waals surface area contributed by atoms with Crippen LogP contribution in [0.5, 0.6) is 0 Å². The zero-order valence-electron chi connectivity index (χ0n) is 24.6. The summed E-state index contributed by atoms with van der Waals surface area (Å²) in [5.74, 6) is 4.67. The first-order chi connectivity index (χ1) is 20.6. The van der Waals surface area contributed by atoms with Crippen LogP contribution in [0, 0.1) is 0 Å². The average Bonchev–Trinajstić information content (AvgIpc) is 2.98. The van der Waals surface area contributed by atoms with Crippen LogP contribution in [0.3, 0.4) is 0 Å². The summed E-state index contributed by atoms with van der Waals surface area (Å²) in [7, 11) is -1.69. The van der Waals surface area contributed by atoms with Gasteiger partial charge in [0.1, 0.15) is 0 Å². The van der Waals surface area contributed by atoms with Gasteiger partial charge in [-0.25, -0.2) is 0 Å². The standard InChI is InChI=1S/C15H17BClNO.C14H14BClN2O.CH7BN2O/c1-16(19)18-10-9-12-5-7-13(8-6-12)14-3-2-4-15(17)11-14;1-15(19)18-17-10-11-5-7-12(8-6-11)13-3-2-4-14(16)9-13;1-2(5)4-3/h2-8,11,18-19H,9-10H2,1H3;2-10,18-19H,1H3;4-5H,3H2,1H3/b;17-10-;. The van der Waals surface area contributed by atoms with Crippen molar-refractivity contribution < 1.29 is 15.1 Å². The van der Waals surface area contributed by atoms with Gasteiger partial charge in [-0.3, -0.25) is 11.2 Å². The molecule has 4 rings (SSSR count). The molecule has 13 heteroatoms. The highest BCUT2D eigenvalue weighted by atomic mass is 35.5. The Morgan fingerprint density at radius 2 is 1.19 bits per heavy atom. The lowest BCUT2D eigenvalue weighted by Gasteiger charge is -2.06. The van der Waals surface area contributed by atoms with E-state index in [4.69, 9.17) is 38.3 Å². The molecular weight excluding hydrogens is 582 g/mol. The Kier molecular flexibility index (Phi) is 16.7. The molecule has 4 aromatic rings. The van der Waals surface area contributed by atoms with Crippen LogP contribution in [0.15, 0.2) is 102 Å². The van der Waals surface area contributed by atoms with E-state index in [0.717, 1.165) is 50.8 Å². The average molecular weight is 620 g/mol. The van der Waals surface area contributed by atoms with Gasteiger partial charge in [-0.2, -0.15) is 5.10 Å². The van der Waals surface area contributed by atoms with Crippen molar-refractivity contribution in [3.05, 3.63) is 118 Å². The van der Waals surface area contributed by atoms with E-state index in [-0.39, 0.29) is 0 Å². The Balaban J connectivity index is 0.000000260. The van der Waals surface area contributed by atoms with Crippen LogP contribution in [0.25, 0.3) is 22.3 Å². The summed E-state index contributed by atoms with van der Waals surface area (Å²) >= 11 is 12.0. The summed E-state index contributed by atoms with van der Waals surface area (Å²) in [6.45, 7) is 5.65. The summed E-state index contributed by atoms with van der Waals surface area (Å²) in [6, 6.07) is 31.9. The Bertz CT molecular complexity index is 1380. The monoisotopic (exact) mass is 619 g/mol. The van der Waals surface area contributed by atoms with E-state index in [1.165, 1.54) is 5.56 Å². The van der Waals surface area contributed by atoms with Crippen molar-refractivity contribution in [2.45, 2.75) is 26.9 Å². The Morgan fingerprint density at radius 3 is 1.60 bits per heavy atom. The number of nitrogens with one attached hydrogen (secondary N) is 3. The van der Waals surface area contributed by atoms with Crippen LogP contribution in [-0.2, 0) is 6.42 Å². The van der Waals surface area contributed by atoms with Gasteiger partial charge in [0.25, 0.3) is 0 Å². The number of hydrazine groups is 1. The minimum Gasteiger partial charge on any atom is -0.437 e. The third-order valence-corrected chi connectivity index (χ3v) is 6.22. The van der Waals surface area contributed by atoms with Gasteiger partial charge in [-0.15, -0.1) is 0 Å². The third-order valence-electron chi connectivity index (χ3n) is 5.75. The van der Waals surface area contributed by atoms with Crippen LogP contribution in [0.4, 0.5) is 0 Å². The number of nitrogens with zero attached hydrogens (tertiary/aromatic N) is 1. The normalized spacial score (nSPS) is 10.3. The SMILES string of the molecule is CB(O)N/N=C\c1ccc(-c2cccc(Cl)c2)cc1.CB(O)NCCc1ccc(-c2cccc(Cl)c2)cc1.CB(O)NN. The molecule has 0 amide bonds. The summed E-state index contributed by atoms with van der Waals surface area (Å²) in [6.07, 6.45) is 2.56. The van der Waals surface area contributed by atoms with E-state index < -0.39 is 21.2 Å². The minimum absolute atomic E-state index is 0.453. The molecule has 0 bridgehead atoms. The molecule has 0 aromatic heterocycles. The van der Waals surface area contributed by atoms with Crippen LogP contribution in [0.1, 0.15) is 11.1 Å². The van der Waals surface area contributed by atoms with Crippen molar-refractivity contribution in [3.63, 3.8) is 0 Å². The van der Waals surface area contributed by atoms with Crippen LogP contribution in [-0.4, -0.2) is 49.0 Å². The number of nitrogens with two attached hydrogens (primary N) is 1. The van der Waals surface area contributed by atoms with Crippen molar-refractivity contribution >= 4 is 50.6 Å². The van der Waals surface area contributed by atoms with E-state index in [0.29, 0.717) is 0 Å². The predicted octanol–water partition coefficient (Wildman–Crippen LogP) is 4.85. The smallest absolute Gasteiger partial charge is 0.423 e. The van der Waals surface area contributed by atoms with Crippen molar-refractivity contribution in [1.82, 2.24) is 15.9 Å². The molecule has 0 saturated heterocycles. The first-order valence-corrected chi connectivity index (χ1v) is 14.6. The quantitative estimate of drug-likeness (QED) is 0.0584. The highest BCUT2D eigenvalue weighted by Gasteiger charge is 2.03. The fraction of sp³-hybridized carbons (Fsp3) is 0.167. The topological polar surface area (TPSA) is 135 Å². The maximum Gasteiger partial charge on any atom is 0.423 e. The lowest BCUT2D eigenvalue weighted by molar-refractivity contribution is 0.554. The highest BCUT2D eigenvalue weighted by Crippen LogP contribution is 2.24. The number of hydrazone groups is 1. The van der Waals surface area contributed by atoms with E-state index >= 15 is 0 Å². The van der Waals surface area contributed by atoms with Gasteiger partial charge in [0.05, 0.1) is 6.21 Å². The molecule has 0 spiro atoms. The zero-order chi connectivity index (χ0) is 31.6. The highest BCUT2D eigenvalue weighted by molar-refractivity contribution is 6.45. The first-order valence-electron chi connectivity index (χ1n) is 13.8. The second-order valence-corrected chi connectivity index (χ2v) is 10.5. The maximum absolute atomic E-state index is 9.13. The summed E-state index contributed by atoms with van der Waals surface area (Å²) in [5.41, 5.74) is 6.68. The summed E-state index contributed by atoms with van der Waals surface area (Å²) in [4.78, 5) is 0. The van der Waals surface area contributed by atoms with Gasteiger partial charge >= 0.3 is 21.2 Å². The van der Waals surface area contributed by atoms with Gasteiger partial charge in [0.15, 0.2) is 0 Å². The molecular formula is C30H38B3Cl2N5O3. The number of hydrogen-bond acceptors (Lipinski definition) is 8. The lowest BCUT2D eigenvalue weighted by atomic mass is 9.88. The molecule has 0 heterocycles. The molecule has 0 saturated carbocycles. The van der Waals surface area contributed by atoms with Crippen molar-refractivity contribution in [2.24, 2.45) is 10.9 Å². The number of halogens is 2. The largest absolute Gasteiger partial charge is 0.437 e. The number of benzene rings is 4. The molecule has 4 aromatic carbocycles. The summed E-state index contributed by atoms with van der Waals surface area (Å²) < 4.78 is 0. The van der Waals surface area contributed by atoms with Crippen molar-refractivity contribution in [3.8, 4) is 22.3 Å².